The Bertz CT molecular complexity index is 787. The molecule has 21 heavy (non-hydrogen) atoms. The molecule has 4 heteroatoms. The van der Waals surface area contributed by atoms with Crippen molar-refractivity contribution in [3.63, 3.8) is 0 Å². The van der Waals surface area contributed by atoms with Crippen LogP contribution in [0.5, 0.6) is 0 Å². The highest BCUT2D eigenvalue weighted by molar-refractivity contribution is 5.97. The van der Waals surface area contributed by atoms with Gasteiger partial charge in [-0.3, -0.25) is 4.79 Å². The fourth-order valence-electron chi connectivity index (χ4n) is 2.26. The lowest BCUT2D eigenvalue weighted by molar-refractivity contribution is 0.0951. The molecule has 4 nitrogen and oxygen atoms in total. The average Bonchev–Trinajstić information content (AvgIpc) is 2.87. The first-order valence-corrected chi connectivity index (χ1v) is 6.88. The monoisotopic (exact) mass is 279 g/mol. The van der Waals surface area contributed by atoms with Crippen molar-refractivity contribution in [3.05, 3.63) is 65.5 Å². The molecule has 3 rings (SSSR count). The van der Waals surface area contributed by atoms with E-state index in [1.54, 1.807) is 12.4 Å². The van der Waals surface area contributed by atoms with Crippen LogP contribution in [0.3, 0.4) is 0 Å². The van der Waals surface area contributed by atoms with Crippen LogP contribution < -0.4 is 5.32 Å². The molecule has 1 amide bonds. The van der Waals surface area contributed by atoms with E-state index in [2.05, 4.69) is 10.3 Å². The smallest absolute Gasteiger partial charge is 0.251 e. The topological polar surface area (TPSA) is 46.9 Å². The van der Waals surface area contributed by atoms with Crippen LogP contribution in [0.1, 0.15) is 21.5 Å². The number of aromatic nitrogens is 2. The molecule has 0 radical (unpaired) electrons. The number of fused-ring (bicyclic) bond motifs is 1. The third-order valence-corrected chi connectivity index (χ3v) is 3.56. The summed E-state index contributed by atoms with van der Waals surface area (Å²) in [6.07, 6.45) is 1.75. The van der Waals surface area contributed by atoms with Crippen LogP contribution in [0.2, 0.25) is 0 Å². The van der Waals surface area contributed by atoms with Crippen LogP contribution in [0.25, 0.3) is 11.0 Å². The Hall–Kier alpha value is -2.62. The summed E-state index contributed by atoms with van der Waals surface area (Å²) in [4.78, 5) is 16.5. The molecule has 0 aliphatic carbocycles. The van der Waals surface area contributed by atoms with Crippen molar-refractivity contribution in [1.82, 2.24) is 14.9 Å². The number of imidazole rings is 1. The Labute approximate surface area is 123 Å². The zero-order chi connectivity index (χ0) is 14.8. The zero-order valence-electron chi connectivity index (χ0n) is 12.1. The molecule has 2 aromatic carbocycles. The normalized spacial score (nSPS) is 10.8. The Kier molecular flexibility index (Phi) is 3.44. The van der Waals surface area contributed by atoms with Gasteiger partial charge in [0.2, 0.25) is 0 Å². The number of carbonyl (C=O) groups is 1. The van der Waals surface area contributed by atoms with Gasteiger partial charge >= 0.3 is 0 Å². The van der Waals surface area contributed by atoms with Crippen molar-refractivity contribution in [2.75, 3.05) is 0 Å². The quantitative estimate of drug-likeness (QED) is 0.801. The minimum absolute atomic E-state index is 0.0707. The summed E-state index contributed by atoms with van der Waals surface area (Å²) in [5.74, 6) is -0.0707. The van der Waals surface area contributed by atoms with Crippen LogP contribution in [0, 0.1) is 6.92 Å². The number of carbonyl (C=O) groups excluding carboxylic acids is 1. The fraction of sp³-hybridized carbons (Fsp3) is 0.176. The zero-order valence-corrected chi connectivity index (χ0v) is 12.1. The lowest BCUT2D eigenvalue weighted by Gasteiger charge is -2.06. The van der Waals surface area contributed by atoms with E-state index in [1.807, 2.05) is 54.9 Å². The predicted octanol–water partition coefficient (Wildman–Crippen LogP) is 2.81. The van der Waals surface area contributed by atoms with Gasteiger partial charge < -0.3 is 9.88 Å². The number of amides is 1. The molecule has 1 aromatic heterocycles. The Balaban J connectivity index is 1.74. The molecule has 0 bridgehead atoms. The van der Waals surface area contributed by atoms with Gasteiger partial charge in [-0.15, -0.1) is 0 Å². The maximum absolute atomic E-state index is 12.2. The van der Waals surface area contributed by atoms with E-state index in [0.717, 1.165) is 16.6 Å². The number of nitrogens with one attached hydrogen (secondary N) is 1. The molecule has 0 aliphatic heterocycles. The molecule has 0 spiro atoms. The molecule has 1 heterocycles. The molecule has 0 saturated carbocycles. The van der Waals surface area contributed by atoms with Crippen LogP contribution in [-0.4, -0.2) is 15.5 Å². The first-order valence-electron chi connectivity index (χ1n) is 6.88. The van der Waals surface area contributed by atoms with E-state index in [4.69, 9.17) is 0 Å². The molecule has 3 aromatic rings. The number of aryl methyl sites for hydroxylation is 2. The second-order valence-corrected chi connectivity index (χ2v) is 5.23. The summed E-state index contributed by atoms with van der Waals surface area (Å²) in [5, 5.41) is 2.94. The minimum Gasteiger partial charge on any atom is -0.348 e. The fourth-order valence-corrected chi connectivity index (χ4v) is 2.26. The maximum atomic E-state index is 12.2. The number of hydrogen-bond donors (Lipinski definition) is 1. The third-order valence-electron chi connectivity index (χ3n) is 3.56. The molecular formula is C17H17N3O. The Morgan fingerprint density at radius 1 is 1.19 bits per heavy atom. The highest BCUT2D eigenvalue weighted by atomic mass is 16.1. The van der Waals surface area contributed by atoms with Gasteiger partial charge in [0.1, 0.15) is 0 Å². The maximum Gasteiger partial charge on any atom is 0.251 e. The molecule has 0 saturated heterocycles. The number of nitrogens with zero attached hydrogens (tertiary/aromatic N) is 2. The highest BCUT2D eigenvalue weighted by Crippen LogP contribution is 2.14. The summed E-state index contributed by atoms with van der Waals surface area (Å²) in [6.45, 7) is 2.58. The number of hydrogen-bond acceptors (Lipinski definition) is 2. The van der Waals surface area contributed by atoms with Gasteiger partial charge in [-0.25, -0.2) is 4.98 Å². The summed E-state index contributed by atoms with van der Waals surface area (Å²) < 4.78 is 1.91. The van der Waals surface area contributed by atoms with E-state index in [-0.39, 0.29) is 5.91 Å². The molecule has 0 fully saturated rings. The van der Waals surface area contributed by atoms with Crippen molar-refractivity contribution in [1.29, 1.82) is 0 Å². The van der Waals surface area contributed by atoms with Gasteiger partial charge in [0.25, 0.3) is 5.91 Å². The van der Waals surface area contributed by atoms with E-state index < -0.39 is 0 Å². The van der Waals surface area contributed by atoms with Crippen molar-refractivity contribution < 1.29 is 4.79 Å². The second-order valence-electron chi connectivity index (χ2n) is 5.23. The van der Waals surface area contributed by atoms with Crippen molar-refractivity contribution in [2.24, 2.45) is 7.05 Å². The second kappa shape index (κ2) is 5.40. The van der Waals surface area contributed by atoms with E-state index in [0.29, 0.717) is 12.1 Å². The average molecular weight is 279 g/mol. The van der Waals surface area contributed by atoms with E-state index in [9.17, 15) is 4.79 Å². The summed E-state index contributed by atoms with van der Waals surface area (Å²) in [7, 11) is 1.92. The third kappa shape index (κ3) is 2.79. The first-order chi connectivity index (χ1) is 10.1. The Morgan fingerprint density at radius 2 is 1.95 bits per heavy atom. The minimum atomic E-state index is -0.0707. The molecular weight excluding hydrogens is 262 g/mol. The molecule has 0 unspecified atom stereocenters. The van der Waals surface area contributed by atoms with E-state index in [1.165, 1.54) is 5.56 Å². The van der Waals surface area contributed by atoms with Crippen molar-refractivity contribution >= 4 is 16.9 Å². The van der Waals surface area contributed by atoms with Gasteiger partial charge in [-0.1, -0.05) is 29.8 Å². The highest BCUT2D eigenvalue weighted by Gasteiger charge is 2.08. The lowest BCUT2D eigenvalue weighted by Crippen LogP contribution is -2.22. The van der Waals surface area contributed by atoms with Gasteiger partial charge in [0.15, 0.2) is 0 Å². The van der Waals surface area contributed by atoms with Gasteiger partial charge in [0.05, 0.1) is 17.4 Å². The summed E-state index contributed by atoms with van der Waals surface area (Å²) >= 11 is 0. The predicted molar refractivity (Wildman–Crippen MR) is 83.1 cm³/mol. The number of benzene rings is 2. The van der Waals surface area contributed by atoms with Crippen LogP contribution >= 0.6 is 0 Å². The van der Waals surface area contributed by atoms with Crippen LogP contribution in [-0.2, 0) is 13.6 Å². The molecule has 0 atom stereocenters. The Morgan fingerprint density at radius 3 is 2.71 bits per heavy atom. The molecule has 1 N–H and O–H groups in total. The largest absolute Gasteiger partial charge is 0.348 e. The van der Waals surface area contributed by atoms with Crippen molar-refractivity contribution in [3.8, 4) is 0 Å². The molecule has 106 valence electrons. The van der Waals surface area contributed by atoms with Crippen LogP contribution in [0.15, 0.2) is 48.8 Å². The summed E-state index contributed by atoms with van der Waals surface area (Å²) in [6, 6.07) is 13.7. The van der Waals surface area contributed by atoms with Gasteiger partial charge in [-0.05, 0) is 30.7 Å². The van der Waals surface area contributed by atoms with Gasteiger partial charge in [-0.2, -0.15) is 0 Å². The molecule has 0 aliphatic rings. The lowest BCUT2D eigenvalue weighted by atomic mass is 10.1. The van der Waals surface area contributed by atoms with Crippen LogP contribution in [0.4, 0.5) is 0 Å². The van der Waals surface area contributed by atoms with Gasteiger partial charge in [0, 0.05) is 19.2 Å². The van der Waals surface area contributed by atoms with Crippen molar-refractivity contribution in [2.45, 2.75) is 13.5 Å². The number of rotatable bonds is 3. The SMILES string of the molecule is Cc1ccc(CNC(=O)c2ccc3ncn(C)c3c2)cc1. The summed E-state index contributed by atoms with van der Waals surface area (Å²) in [5.41, 5.74) is 4.81. The first kappa shape index (κ1) is 13.4. The van der Waals surface area contributed by atoms with E-state index >= 15 is 0 Å². The standard InChI is InChI=1S/C17H17N3O/c1-12-3-5-13(6-4-12)10-18-17(21)14-7-8-15-16(9-14)20(2)11-19-15/h3-9,11H,10H2,1-2H3,(H,18,21).